The highest BCUT2D eigenvalue weighted by Crippen LogP contribution is 2.27. The monoisotopic (exact) mass is 604 g/mol. The number of ketones is 1. The molecular formula is C36H60O7. The van der Waals surface area contributed by atoms with Gasteiger partial charge in [-0.1, -0.05) is 115 Å². The van der Waals surface area contributed by atoms with E-state index in [-0.39, 0.29) is 36.6 Å². The lowest BCUT2D eigenvalue weighted by atomic mass is 9.90. The Morgan fingerprint density at radius 3 is 2.35 bits per heavy atom. The molecule has 0 aliphatic heterocycles. The van der Waals surface area contributed by atoms with Crippen LogP contribution in [-0.4, -0.2) is 53.4 Å². The van der Waals surface area contributed by atoms with Crippen LogP contribution in [0.4, 0.5) is 0 Å². The number of hydrogen-bond donors (Lipinski definition) is 2. The van der Waals surface area contributed by atoms with Crippen molar-refractivity contribution in [1.29, 1.82) is 0 Å². The third kappa shape index (κ3) is 19.6. The number of aliphatic hydroxyl groups excluding tert-OH is 2. The van der Waals surface area contributed by atoms with Crippen LogP contribution in [0.2, 0.25) is 0 Å². The first-order chi connectivity index (χ1) is 20.8. The molecule has 0 amide bonds. The molecule has 2 N–H and O–H groups in total. The van der Waals surface area contributed by atoms with Crippen LogP contribution in [0.5, 0.6) is 0 Å². The van der Waals surface area contributed by atoms with Crippen molar-refractivity contribution in [2.75, 3.05) is 13.2 Å². The Bertz CT molecular complexity index is 847. The fraction of sp³-hybridized carbons (Fsp3) is 0.750. The van der Waals surface area contributed by atoms with E-state index in [9.17, 15) is 24.6 Å². The number of carbonyl (C=O) groups is 3. The molecule has 0 fully saturated rings. The molecular weight excluding hydrogens is 544 g/mol. The van der Waals surface area contributed by atoms with Gasteiger partial charge in [-0.15, -0.1) is 0 Å². The molecule has 0 aromatic heterocycles. The average Bonchev–Trinajstić information content (AvgIpc) is 3.35. The summed E-state index contributed by atoms with van der Waals surface area (Å²) in [6.45, 7) is 6.14. The van der Waals surface area contributed by atoms with Crippen molar-refractivity contribution in [2.24, 2.45) is 17.8 Å². The van der Waals surface area contributed by atoms with Crippen LogP contribution >= 0.6 is 0 Å². The van der Waals surface area contributed by atoms with Crippen LogP contribution in [0.1, 0.15) is 130 Å². The van der Waals surface area contributed by atoms with Crippen LogP contribution in [0.25, 0.3) is 0 Å². The molecule has 0 spiro atoms. The number of hydrogen-bond acceptors (Lipinski definition) is 7. The van der Waals surface area contributed by atoms with E-state index >= 15 is 0 Å². The van der Waals surface area contributed by atoms with E-state index in [2.05, 4.69) is 20.8 Å². The van der Waals surface area contributed by atoms with Gasteiger partial charge in [0.1, 0.15) is 6.61 Å². The van der Waals surface area contributed by atoms with Gasteiger partial charge in [-0.3, -0.25) is 14.4 Å². The molecule has 1 rings (SSSR count). The SMILES string of the molecule is CCCCC[C@H](O)/C=C/[C@H]1C(=O)C=C[C@@H]1C/C=C\CCCC(=O)O[C@@H](CO)COC(=O)CCCCCCCCC(C)CC. The molecule has 0 aromatic carbocycles. The van der Waals surface area contributed by atoms with Crippen molar-refractivity contribution >= 4 is 17.7 Å². The molecule has 7 heteroatoms. The topological polar surface area (TPSA) is 110 Å². The van der Waals surface area contributed by atoms with Gasteiger partial charge in [0.25, 0.3) is 0 Å². The zero-order valence-corrected chi connectivity index (χ0v) is 27.2. The molecule has 0 bridgehead atoms. The van der Waals surface area contributed by atoms with Gasteiger partial charge in [-0.2, -0.15) is 0 Å². The average molecular weight is 605 g/mol. The first-order valence-corrected chi connectivity index (χ1v) is 17.0. The minimum Gasteiger partial charge on any atom is -0.462 e. The molecule has 0 aromatic rings. The number of ether oxygens (including phenoxy) is 2. The van der Waals surface area contributed by atoms with Gasteiger partial charge in [-0.25, -0.2) is 0 Å². The summed E-state index contributed by atoms with van der Waals surface area (Å²) in [7, 11) is 0. The van der Waals surface area contributed by atoms with Crippen LogP contribution < -0.4 is 0 Å². The van der Waals surface area contributed by atoms with Crippen molar-refractivity contribution in [3.05, 3.63) is 36.5 Å². The molecule has 1 aliphatic rings. The van der Waals surface area contributed by atoms with Crippen LogP contribution in [-0.2, 0) is 23.9 Å². The summed E-state index contributed by atoms with van der Waals surface area (Å²) in [5, 5.41) is 19.7. The summed E-state index contributed by atoms with van der Waals surface area (Å²) in [4.78, 5) is 36.5. The van der Waals surface area contributed by atoms with Crippen molar-refractivity contribution < 1.29 is 34.1 Å². The molecule has 0 saturated carbocycles. The Kier molecular flexibility index (Phi) is 22.6. The summed E-state index contributed by atoms with van der Waals surface area (Å²) in [5.41, 5.74) is 0. The van der Waals surface area contributed by atoms with Crippen molar-refractivity contribution in [3.63, 3.8) is 0 Å². The van der Waals surface area contributed by atoms with Crippen LogP contribution in [0.15, 0.2) is 36.5 Å². The number of esters is 2. The largest absolute Gasteiger partial charge is 0.462 e. The second-order valence-electron chi connectivity index (χ2n) is 12.1. The third-order valence-corrected chi connectivity index (χ3v) is 8.22. The Hall–Kier alpha value is -2.25. The molecule has 7 nitrogen and oxygen atoms in total. The Morgan fingerprint density at radius 2 is 1.63 bits per heavy atom. The quantitative estimate of drug-likeness (QED) is 0.0595. The summed E-state index contributed by atoms with van der Waals surface area (Å²) in [5.74, 6) is -0.0352. The van der Waals surface area contributed by atoms with Gasteiger partial charge in [0, 0.05) is 18.8 Å². The summed E-state index contributed by atoms with van der Waals surface area (Å²) in [6, 6.07) is 0. The van der Waals surface area contributed by atoms with Crippen LogP contribution in [0.3, 0.4) is 0 Å². The first kappa shape index (κ1) is 38.8. The predicted molar refractivity (Wildman–Crippen MR) is 172 cm³/mol. The first-order valence-electron chi connectivity index (χ1n) is 17.0. The fourth-order valence-corrected chi connectivity index (χ4v) is 5.11. The predicted octanol–water partition coefficient (Wildman–Crippen LogP) is 7.59. The van der Waals surface area contributed by atoms with E-state index in [0.717, 1.165) is 50.9 Å². The normalized spacial score (nSPS) is 18.9. The van der Waals surface area contributed by atoms with Crippen molar-refractivity contribution in [3.8, 4) is 0 Å². The van der Waals surface area contributed by atoms with Crippen LogP contribution in [0, 0.1) is 17.8 Å². The highest BCUT2D eigenvalue weighted by Gasteiger charge is 2.27. The number of unbranched alkanes of at least 4 members (excludes halogenated alkanes) is 8. The van der Waals surface area contributed by atoms with E-state index in [1.165, 1.54) is 32.1 Å². The molecule has 5 atom stereocenters. The number of aliphatic hydroxyl groups is 2. The highest BCUT2D eigenvalue weighted by molar-refractivity contribution is 5.95. The molecule has 1 unspecified atom stereocenters. The molecule has 1 aliphatic carbocycles. The number of carbonyl (C=O) groups excluding carboxylic acids is 3. The van der Waals surface area contributed by atoms with E-state index in [1.807, 2.05) is 24.3 Å². The Balaban J connectivity index is 2.17. The van der Waals surface area contributed by atoms with Gasteiger partial charge in [0.2, 0.25) is 0 Å². The van der Waals surface area contributed by atoms with E-state index in [4.69, 9.17) is 9.47 Å². The lowest BCUT2D eigenvalue weighted by Crippen LogP contribution is -2.28. The van der Waals surface area contributed by atoms with Crippen molar-refractivity contribution in [2.45, 2.75) is 142 Å². The van der Waals surface area contributed by atoms with Crippen molar-refractivity contribution in [1.82, 2.24) is 0 Å². The lowest BCUT2D eigenvalue weighted by molar-refractivity contribution is -0.161. The summed E-state index contributed by atoms with van der Waals surface area (Å²) >= 11 is 0. The highest BCUT2D eigenvalue weighted by atomic mass is 16.6. The smallest absolute Gasteiger partial charge is 0.306 e. The van der Waals surface area contributed by atoms with E-state index in [0.29, 0.717) is 25.7 Å². The van der Waals surface area contributed by atoms with Gasteiger partial charge < -0.3 is 19.7 Å². The fourth-order valence-electron chi connectivity index (χ4n) is 5.11. The van der Waals surface area contributed by atoms with Gasteiger partial charge >= 0.3 is 11.9 Å². The van der Waals surface area contributed by atoms with E-state index < -0.39 is 24.8 Å². The maximum Gasteiger partial charge on any atom is 0.306 e. The molecule has 246 valence electrons. The Labute approximate surface area is 261 Å². The molecule has 0 radical (unpaired) electrons. The molecule has 0 saturated heterocycles. The maximum absolute atomic E-state index is 12.2. The number of allylic oxidation sites excluding steroid dienone is 5. The van der Waals surface area contributed by atoms with Gasteiger partial charge in [0.05, 0.1) is 12.7 Å². The van der Waals surface area contributed by atoms with Gasteiger partial charge in [0.15, 0.2) is 11.9 Å². The zero-order chi connectivity index (χ0) is 31.7. The Morgan fingerprint density at radius 1 is 0.930 bits per heavy atom. The summed E-state index contributed by atoms with van der Waals surface area (Å²) in [6.07, 6.45) is 25.4. The summed E-state index contributed by atoms with van der Waals surface area (Å²) < 4.78 is 10.5. The second kappa shape index (κ2) is 25.1. The minimum absolute atomic E-state index is 0.0699. The minimum atomic E-state index is -0.848. The standard InChI is InChI=1S/C36H60O7/c1-4-6-13-20-31(38)24-25-33-30(23-26-34(33)39)19-15-11-12-17-22-36(41)43-32(27-37)28-42-35(40)21-16-10-8-7-9-14-18-29(3)5-2/h11,15,23-26,29-33,37-38H,4-10,12-14,16-22,27-28H2,1-3H3/b15-11-,25-24+/t29?,30-,31-,32-,33+/m0/s1. The third-order valence-electron chi connectivity index (χ3n) is 8.22. The lowest BCUT2D eigenvalue weighted by Gasteiger charge is -2.15. The maximum atomic E-state index is 12.2. The number of rotatable bonds is 26. The zero-order valence-electron chi connectivity index (χ0n) is 27.2. The molecule has 43 heavy (non-hydrogen) atoms. The van der Waals surface area contributed by atoms with Gasteiger partial charge in [-0.05, 0) is 50.0 Å². The second-order valence-corrected chi connectivity index (χ2v) is 12.1. The van der Waals surface area contributed by atoms with E-state index in [1.54, 1.807) is 12.2 Å². The molecule has 0 heterocycles.